The van der Waals surface area contributed by atoms with Crippen LogP contribution in [-0.2, 0) is 9.59 Å². The smallest absolute Gasteiger partial charge is 0.308 e. The summed E-state index contributed by atoms with van der Waals surface area (Å²) in [6.07, 6.45) is 1.10. The van der Waals surface area contributed by atoms with E-state index in [0.717, 1.165) is 0 Å². The summed E-state index contributed by atoms with van der Waals surface area (Å²) in [6.45, 7) is 1.69. The van der Waals surface area contributed by atoms with E-state index in [-0.39, 0.29) is 29.1 Å². The third kappa shape index (κ3) is 2.43. The summed E-state index contributed by atoms with van der Waals surface area (Å²) < 4.78 is 10.7. The van der Waals surface area contributed by atoms with Crippen molar-refractivity contribution in [2.24, 2.45) is 0 Å². The van der Waals surface area contributed by atoms with Crippen molar-refractivity contribution in [1.29, 1.82) is 0 Å². The first kappa shape index (κ1) is 14.2. The fourth-order valence-corrected chi connectivity index (χ4v) is 2.46. The SMILES string of the molecule is CC(=O)Oc1c(N2CCCC2=O)oc(-c2ccccc2)c1O. The number of benzene rings is 1. The number of amides is 1. The van der Waals surface area contributed by atoms with Crippen LogP contribution >= 0.6 is 0 Å². The minimum absolute atomic E-state index is 0.0778. The van der Waals surface area contributed by atoms with E-state index in [1.54, 1.807) is 24.3 Å². The lowest BCUT2D eigenvalue weighted by Gasteiger charge is -2.13. The molecule has 1 fully saturated rings. The maximum atomic E-state index is 11.9. The van der Waals surface area contributed by atoms with Crippen LogP contribution in [0.25, 0.3) is 11.3 Å². The van der Waals surface area contributed by atoms with Gasteiger partial charge in [-0.3, -0.25) is 14.5 Å². The zero-order chi connectivity index (χ0) is 15.7. The summed E-state index contributed by atoms with van der Waals surface area (Å²) in [5.74, 6) is -0.858. The molecular formula is C16H15NO5. The molecular weight excluding hydrogens is 286 g/mol. The summed E-state index contributed by atoms with van der Waals surface area (Å²) in [7, 11) is 0. The Bertz CT molecular complexity index is 720. The Morgan fingerprint density at radius 3 is 2.64 bits per heavy atom. The third-order valence-electron chi connectivity index (χ3n) is 3.42. The van der Waals surface area contributed by atoms with Gasteiger partial charge in [-0.2, -0.15) is 0 Å². The lowest BCUT2D eigenvalue weighted by Crippen LogP contribution is -2.24. The van der Waals surface area contributed by atoms with Gasteiger partial charge in [-0.05, 0) is 6.42 Å². The first-order chi connectivity index (χ1) is 10.6. The number of carbonyl (C=O) groups excluding carboxylic acids is 2. The van der Waals surface area contributed by atoms with E-state index >= 15 is 0 Å². The molecule has 6 nitrogen and oxygen atoms in total. The predicted molar refractivity (Wildman–Crippen MR) is 78.7 cm³/mol. The van der Waals surface area contributed by atoms with E-state index in [0.29, 0.717) is 24.9 Å². The Balaban J connectivity index is 2.11. The van der Waals surface area contributed by atoms with Crippen molar-refractivity contribution in [3.8, 4) is 22.8 Å². The fraction of sp³-hybridized carbons (Fsp3) is 0.250. The number of hydrogen-bond donors (Lipinski definition) is 1. The van der Waals surface area contributed by atoms with Gasteiger partial charge in [-0.1, -0.05) is 30.3 Å². The second-order valence-corrected chi connectivity index (χ2v) is 5.02. The van der Waals surface area contributed by atoms with Crippen molar-refractivity contribution in [3.63, 3.8) is 0 Å². The van der Waals surface area contributed by atoms with Crippen LogP contribution < -0.4 is 9.64 Å². The Kier molecular flexibility index (Phi) is 3.58. The molecule has 1 aliphatic rings. The van der Waals surface area contributed by atoms with Gasteiger partial charge in [-0.15, -0.1) is 0 Å². The highest BCUT2D eigenvalue weighted by atomic mass is 16.6. The summed E-state index contributed by atoms with van der Waals surface area (Å²) in [6, 6.07) is 8.94. The second-order valence-electron chi connectivity index (χ2n) is 5.02. The van der Waals surface area contributed by atoms with Crippen LogP contribution in [0, 0.1) is 0 Å². The number of hydrogen-bond acceptors (Lipinski definition) is 5. The van der Waals surface area contributed by atoms with E-state index in [9.17, 15) is 14.7 Å². The van der Waals surface area contributed by atoms with E-state index in [2.05, 4.69) is 0 Å². The molecule has 1 aromatic heterocycles. The van der Waals surface area contributed by atoms with Gasteiger partial charge >= 0.3 is 5.97 Å². The standard InChI is InChI=1S/C16H15NO5/c1-10(18)21-15-13(20)14(11-6-3-2-4-7-11)22-16(15)17-9-5-8-12(17)19/h2-4,6-7,20H,5,8-9H2,1H3. The van der Waals surface area contributed by atoms with Gasteiger partial charge in [0, 0.05) is 25.5 Å². The Morgan fingerprint density at radius 1 is 1.32 bits per heavy atom. The van der Waals surface area contributed by atoms with Crippen LogP contribution in [0.4, 0.5) is 5.88 Å². The second kappa shape index (κ2) is 5.55. The lowest BCUT2D eigenvalue weighted by atomic mass is 10.1. The number of furan rings is 1. The van der Waals surface area contributed by atoms with Crippen LogP contribution in [0.1, 0.15) is 19.8 Å². The topological polar surface area (TPSA) is 80.0 Å². The summed E-state index contributed by atoms with van der Waals surface area (Å²) in [5, 5.41) is 10.3. The van der Waals surface area contributed by atoms with Gasteiger partial charge in [-0.25, -0.2) is 0 Å². The van der Waals surface area contributed by atoms with Gasteiger partial charge in [0.2, 0.25) is 17.4 Å². The van der Waals surface area contributed by atoms with Gasteiger partial charge in [0.25, 0.3) is 5.88 Å². The molecule has 2 heterocycles. The number of aromatic hydroxyl groups is 1. The van der Waals surface area contributed by atoms with E-state index < -0.39 is 5.97 Å². The van der Waals surface area contributed by atoms with Gasteiger partial charge in [0.1, 0.15) is 0 Å². The highest BCUT2D eigenvalue weighted by Gasteiger charge is 2.33. The predicted octanol–water partition coefficient (Wildman–Crippen LogP) is 2.70. The van der Waals surface area contributed by atoms with Gasteiger partial charge < -0.3 is 14.3 Å². The molecule has 0 unspecified atom stereocenters. The molecule has 1 aliphatic heterocycles. The number of esters is 1. The molecule has 22 heavy (non-hydrogen) atoms. The molecule has 0 radical (unpaired) electrons. The first-order valence-corrected chi connectivity index (χ1v) is 6.98. The van der Waals surface area contributed by atoms with Crippen LogP contribution in [0.5, 0.6) is 11.5 Å². The molecule has 0 saturated carbocycles. The summed E-state index contributed by atoms with van der Waals surface area (Å²) >= 11 is 0. The third-order valence-corrected chi connectivity index (χ3v) is 3.42. The largest absolute Gasteiger partial charge is 0.502 e. The molecule has 1 aromatic carbocycles. The molecule has 0 bridgehead atoms. The van der Waals surface area contributed by atoms with Crippen molar-refractivity contribution in [3.05, 3.63) is 30.3 Å². The normalized spacial score (nSPS) is 14.4. The molecule has 0 aliphatic carbocycles. The summed E-state index contributed by atoms with van der Waals surface area (Å²) in [5.41, 5.74) is 0.631. The van der Waals surface area contributed by atoms with E-state index in [1.165, 1.54) is 11.8 Å². The van der Waals surface area contributed by atoms with Gasteiger partial charge in [0.15, 0.2) is 5.76 Å². The molecule has 1 amide bonds. The molecule has 2 aromatic rings. The Hall–Kier alpha value is -2.76. The van der Waals surface area contributed by atoms with Gasteiger partial charge in [0.05, 0.1) is 0 Å². The molecule has 1 saturated heterocycles. The van der Waals surface area contributed by atoms with E-state index in [1.807, 2.05) is 6.07 Å². The number of nitrogens with zero attached hydrogens (tertiary/aromatic N) is 1. The zero-order valence-electron chi connectivity index (χ0n) is 12.0. The number of carbonyl (C=O) groups is 2. The average Bonchev–Trinajstić information content (AvgIpc) is 3.05. The number of ether oxygens (including phenoxy) is 1. The molecule has 114 valence electrons. The van der Waals surface area contributed by atoms with Crippen LogP contribution in [0.3, 0.4) is 0 Å². The highest BCUT2D eigenvalue weighted by Crippen LogP contribution is 2.48. The van der Waals surface area contributed by atoms with Crippen LogP contribution in [-0.4, -0.2) is 23.5 Å². The fourth-order valence-electron chi connectivity index (χ4n) is 2.46. The monoisotopic (exact) mass is 301 g/mol. The minimum Gasteiger partial charge on any atom is -0.502 e. The van der Waals surface area contributed by atoms with E-state index in [4.69, 9.17) is 9.15 Å². The zero-order valence-corrected chi connectivity index (χ0v) is 12.0. The highest BCUT2D eigenvalue weighted by molar-refractivity contribution is 5.97. The van der Waals surface area contributed by atoms with Crippen molar-refractivity contribution >= 4 is 17.8 Å². The van der Waals surface area contributed by atoms with Crippen molar-refractivity contribution in [2.75, 3.05) is 11.4 Å². The van der Waals surface area contributed by atoms with Crippen LogP contribution in [0.2, 0.25) is 0 Å². The number of anilines is 1. The van der Waals surface area contributed by atoms with Crippen molar-refractivity contribution in [1.82, 2.24) is 0 Å². The Morgan fingerprint density at radius 2 is 2.05 bits per heavy atom. The van der Waals surface area contributed by atoms with Crippen LogP contribution in [0.15, 0.2) is 34.7 Å². The maximum Gasteiger partial charge on any atom is 0.308 e. The molecule has 6 heteroatoms. The average molecular weight is 301 g/mol. The van der Waals surface area contributed by atoms with Crippen molar-refractivity contribution < 1.29 is 23.8 Å². The first-order valence-electron chi connectivity index (χ1n) is 6.98. The molecule has 0 atom stereocenters. The molecule has 1 N–H and O–H groups in total. The minimum atomic E-state index is -0.594. The number of rotatable bonds is 3. The Labute approximate surface area is 126 Å². The van der Waals surface area contributed by atoms with Crippen molar-refractivity contribution in [2.45, 2.75) is 19.8 Å². The maximum absolute atomic E-state index is 11.9. The molecule has 0 spiro atoms. The lowest BCUT2D eigenvalue weighted by molar-refractivity contribution is -0.132. The quantitative estimate of drug-likeness (QED) is 0.882. The molecule has 3 rings (SSSR count). The summed E-state index contributed by atoms with van der Waals surface area (Å²) in [4.78, 5) is 24.6.